The number of carboxylic acid groups (broad SMARTS) is 1. The second-order valence-corrected chi connectivity index (χ2v) is 5.35. The van der Waals surface area contributed by atoms with Crippen LogP contribution in [0.25, 0.3) is 0 Å². The first-order valence-corrected chi connectivity index (χ1v) is 6.57. The van der Waals surface area contributed by atoms with Crippen molar-refractivity contribution in [3.8, 4) is 0 Å². The van der Waals surface area contributed by atoms with Crippen LogP contribution in [0.3, 0.4) is 0 Å². The quantitative estimate of drug-likeness (QED) is 0.655. The average Bonchev–Trinajstić information content (AvgIpc) is 2.23. The zero-order valence-electron chi connectivity index (χ0n) is 12.0. The third-order valence-electron chi connectivity index (χ3n) is 2.97. The van der Waals surface area contributed by atoms with E-state index in [1.54, 1.807) is 0 Å². The molecule has 3 N–H and O–H groups in total. The van der Waals surface area contributed by atoms with Gasteiger partial charge in [-0.2, -0.15) is 0 Å². The molecule has 0 radical (unpaired) electrons. The molecule has 0 heterocycles. The lowest BCUT2D eigenvalue weighted by molar-refractivity contribution is -0.140. The summed E-state index contributed by atoms with van der Waals surface area (Å²) in [5, 5.41) is 14.3. The average molecular weight is 258 g/mol. The standard InChI is InChI=1S/C13H26N2O3/c1-6-9(4)11(12(16)17)15-13(18)14-10(5)7-8(2)3/h8-11H,6-7H2,1-5H3,(H,16,17)(H2,14,15,18)/t9-,10?,11-/m0/s1. The molecule has 0 bridgehead atoms. The van der Waals surface area contributed by atoms with Crippen molar-refractivity contribution in [1.82, 2.24) is 10.6 Å². The highest BCUT2D eigenvalue weighted by Crippen LogP contribution is 2.08. The summed E-state index contributed by atoms with van der Waals surface area (Å²) >= 11 is 0. The molecule has 0 aliphatic rings. The van der Waals surface area contributed by atoms with Gasteiger partial charge < -0.3 is 15.7 Å². The predicted octanol–water partition coefficient (Wildman–Crippen LogP) is 2.22. The topological polar surface area (TPSA) is 78.4 Å². The van der Waals surface area contributed by atoms with Gasteiger partial charge in [-0.3, -0.25) is 0 Å². The van der Waals surface area contributed by atoms with Gasteiger partial charge in [-0.05, 0) is 25.2 Å². The molecule has 5 heteroatoms. The third-order valence-corrected chi connectivity index (χ3v) is 2.97. The number of carbonyl (C=O) groups excluding carboxylic acids is 1. The van der Waals surface area contributed by atoms with E-state index in [2.05, 4.69) is 24.5 Å². The van der Waals surface area contributed by atoms with Crippen LogP contribution in [0.5, 0.6) is 0 Å². The molecule has 1 unspecified atom stereocenters. The maximum absolute atomic E-state index is 11.7. The summed E-state index contributed by atoms with van der Waals surface area (Å²) < 4.78 is 0. The Morgan fingerprint density at radius 3 is 2.06 bits per heavy atom. The van der Waals surface area contributed by atoms with Gasteiger partial charge in [0.25, 0.3) is 0 Å². The molecule has 0 aromatic rings. The van der Waals surface area contributed by atoms with Gasteiger partial charge in [0.2, 0.25) is 0 Å². The molecule has 2 amide bonds. The van der Waals surface area contributed by atoms with E-state index in [4.69, 9.17) is 5.11 Å². The van der Waals surface area contributed by atoms with Crippen molar-refractivity contribution in [3.05, 3.63) is 0 Å². The Hall–Kier alpha value is -1.26. The molecule has 0 fully saturated rings. The van der Waals surface area contributed by atoms with Crippen LogP contribution >= 0.6 is 0 Å². The molecular weight excluding hydrogens is 232 g/mol. The Kier molecular flexibility index (Phi) is 7.39. The highest BCUT2D eigenvalue weighted by atomic mass is 16.4. The fourth-order valence-corrected chi connectivity index (χ4v) is 1.86. The normalized spacial score (nSPS) is 15.9. The molecule has 18 heavy (non-hydrogen) atoms. The van der Waals surface area contributed by atoms with E-state index in [-0.39, 0.29) is 12.0 Å². The fraction of sp³-hybridized carbons (Fsp3) is 0.846. The lowest BCUT2D eigenvalue weighted by Crippen LogP contribution is -2.51. The summed E-state index contributed by atoms with van der Waals surface area (Å²) in [4.78, 5) is 22.7. The summed E-state index contributed by atoms with van der Waals surface area (Å²) in [6, 6.07) is -1.20. The van der Waals surface area contributed by atoms with Gasteiger partial charge in [-0.1, -0.05) is 34.1 Å². The monoisotopic (exact) mass is 258 g/mol. The van der Waals surface area contributed by atoms with Gasteiger partial charge in [0, 0.05) is 6.04 Å². The lowest BCUT2D eigenvalue weighted by atomic mass is 9.99. The van der Waals surface area contributed by atoms with E-state index in [9.17, 15) is 9.59 Å². The third kappa shape index (κ3) is 6.47. The lowest BCUT2D eigenvalue weighted by Gasteiger charge is -2.22. The van der Waals surface area contributed by atoms with E-state index in [1.165, 1.54) is 0 Å². The molecule has 0 saturated heterocycles. The van der Waals surface area contributed by atoms with Crippen LogP contribution in [0.1, 0.15) is 47.5 Å². The van der Waals surface area contributed by atoms with Crippen LogP contribution in [-0.2, 0) is 4.79 Å². The SMILES string of the molecule is CC[C@H](C)[C@H](NC(=O)NC(C)CC(C)C)C(=O)O. The van der Waals surface area contributed by atoms with E-state index in [0.717, 1.165) is 6.42 Å². The smallest absolute Gasteiger partial charge is 0.326 e. The highest BCUT2D eigenvalue weighted by Gasteiger charge is 2.25. The Labute approximate surface area is 109 Å². The molecular formula is C13H26N2O3. The highest BCUT2D eigenvalue weighted by molar-refractivity contribution is 5.82. The van der Waals surface area contributed by atoms with Gasteiger partial charge in [0.1, 0.15) is 6.04 Å². The van der Waals surface area contributed by atoms with Crippen molar-refractivity contribution in [2.24, 2.45) is 11.8 Å². The molecule has 0 rings (SSSR count). The second-order valence-electron chi connectivity index (χ2n) is 5.35. The Morgan fingerprint density at radius 2 is 1.67 bits per heavy atom. The second kappa shape index (κ2) is 7.95. The Morgan fingerprint density at radius 1 is 1.11 bits per heavy atom. The zero-order valence-corrected chi connectivity index (χ0v) is 12.0. The van der Waals surface area contributed by atoms with Crippen LogP contribution < -0.4 is 10.6 Å². The molecule has 106 valence electrons. The molecule has 0 spiro atoms. The Bertz CT molecular complexity index is 279. The number of carboxylic acids is 1. The van der Waals surface area contributed by atoms with E-state index in [0.29, 0.717) is 12.3 Å². The molecule has 0 aliphatic heterocycles. The number of rotatable bonds is 7. The number of aliphatic carboxylic acids is 1. The van der Waals surface area contributed by atoms with Crippen molar-refractivity contribution >= 4 is 12.0 Å². The number of amides is 2. The molecule has 0 saturated carbocycles. The number of hydrogen-bond acceptors (Lipinski definition) is 2. The van der Waals surface area contributed by atoms with Crippen LogP contribution in [0.15, 0.2) is 0 Å². The molecule has 0 aromatic carbocycles. The van der Waals surface area contributed by atoms with Crippen molar-refractivity contribution in [1.29, 1.82) is 0 Å². The van der Waals surface area contributed by atoms with Crippen LogP contribution in [0.4, 0.5) is 4.79 Å². The van der Waals surface area contributed by atoms with Crippen LogP contribution in [0, 0.1) is 11.8 Å². The van der Waals surface area contributed by atoms with Gasteiger partial charge >= 0.3 is 12.0 Å². The summed E-state index contributed by atoms with van der Waals surface area (Å²) in [5.74, 6) is -0.588. The maximum atomic E-state index is 11.7. The number of nitrogens with one attached hydrogen (secondary N) is 2. The molecule has 0 aliphatic carbocycles. The fourth-order valence-electron chi connectivity index (χ4n) is 1.86. The van der Waals surface area contributed by atoms with E-state index in [1.807, 2.05) is 20.8 Å². The first-order chi connectivity index (χ1) is 8.27. The number of hydrogen-bond donors (Lipinski definition) is 3. The van der Waals surface area contributed by atoms with Crippen molar-refractivity contribution in [2.75, 3.05) is 0 Å². The van der Waals surface area contributed by atoms with Gasteiger partial charge in [-0.25, -0.2) is 9.59 Å². The summed E-state index contributed by atoms with van der Waals surface area (Å²) in [6.07, 6.45) is 1.58. The molecule has 3 atom stereocenters. The van der Waals surface area contributed by atoms with Crippen LogP contribution in [0.2, 0.25) is 0 Å². The summed E-state index contributed by atoms with van der Waals surface area (Å²) in [7, 11) is 0. The minimum atomic E-state index is -0.990. The predicted molar refractivity (Wildman–Crippen MR) is 71.5 cm³/mol. The molecule has 0 aromatic heterocycles. The summed E-state index contributed by atoms with van der Waals surface area (Å²) in [5.41, 5.74) is 0. The van der Waals surface area contributed by atoms with Gasteiger partial charge in [0.05, 0.1) is 0 Å². The first-order valence-electron chi connectivity index (χ1n) is 6.57. The number of carbonyl (C=O) groups is 2. The van der Waals surface area contributed by atoms with Crippen molar-refractivity contribution < 1.29 is 14.7 Å². The first kappa shape index (κ1) is 16.7. The molecule has 5 nitrogen and oxygen atoms in total. The van der Waals surface area contributed by atoms with Crippen LogP contribution in [-0.4, -0.2) is 29.2 Å². The number of urea groups is 1. The van der Waals surface area contributed by atoms with Gasteiger partial charge in [-0.15, -0.1) is 0 Å². The summed E-state index contributed by atoms with van der Waals surface area (Å²) in [6.45, 7) is 9.79. The van der Waals surface area contributed by atoms with Crippen molar-refractivity contribution in [2.45, 2.75) is 59.5 Å². The minimum absolute atomic E-state index is 0.0383. The van der Waals surface area contributed by atoms with Crippen molar-refractivity contribution in [3.63, 3.8) is 0 Å². The van der Waals surface area contributed by atoms with E-state index >= 15 is 0 Å². The zero-order chi connectivity index (χ0) is 14.3. The Balaban J connectivity index is 4.30. The van der Waals surface area contributed by atoms with Gasteiger partial charge in [0.15, 0.2) is 0 Å². The maximum Gasteiger partial charge on any atom is 0.326 e. The largest absolute Gasteiger partial charge is 0.480 e. The van der Waals surface area contributed by atoms with E-state index < -0.39 is 18.0 Å². The minimum Gasteiger partial charge on any atom is -0.480 e.